The highest BCUT2D eigenvalue weighted by atomic mass is 16.5. The summed E-state index contributed by atoms with van der Waals surface area (Å²) < 4.78 is 6.18. The van der Waals surface area contributed by atoms with E-state index in [0.29, 0.717) is 5.92 Å². The van der Waals surface area contributed by atoms with Gasteiger partial charge in [-0.05, 0) is 38.0 Å². The number of anilines is 1. The molecule has 21 heavy (non-hydrogen) atoms. The van der Waals surface area contributed by atoms with Gasteiger partial charge in [0.05, 0.1) is 0 Å². The fourth-order valence-corrected chi connectivity index (χ4v) is 3.17. The van der Waals surface area contributed by atoms with Crippen LogP contribution in [0.15, 0.2) is 6.07 Å². The molecule has 0 saturated heterocycles. The monoisotopic (exact) mass is 291 g/mol. The largest absolute Gasteiger partial charge is 0.474 e. The van der Waals surface area contributed by atoms with Gasteiger partial charge in [-0.3, -0.25) is 0 Å². The van der Waals surface area contributed by atoms with Crippen molar-refractivity contribution in [3.05, 3.63) is 11.9 Å². The van der Waals surface area contributed by atoms with Crippen LogP contribution in [0.25, 0.3) is 0 Å². The van der Waals surface area contributed by atoms with Crippen LogP contribution in [0.3, 0.4) is 0 Å². The SMILES string of the molecule is CCNc1cc(OC2CC(C)CC(C)C2)nc(C(C)C)n1. The van der Waals surface area contributed by atoms with Gasteiger partial charge >= 0.3 is 0 Å². The van der Waals surface area contributed by atoms with Crippen LogP contribution in [-0.2, 0) is 0 Å². The van der Waals surface area contributed by atoms with E-state index in [9.17, 15) is 0 Å². The molecule has 0 aromatic carbocycles. The van der Waals surface area contributed by atoms with Crippen molar-refractivity contribution >= 4 is 5.82 Å². The summed E-state index contributed by atoms with van der Waals surface area (Å²) in [5.41, 5.74) is 0. The number of nitrogens with one attached hydrogen (secondary N) is 1. The molecule has 1 saturated carbocycles. The molecular weight excluding hydrogens is 262 g/mol. The molecule has 1 aromatic heterocycles. The van der Waals surface area contributed by atoms with E-state index in [0.717, 1.165) is 48.7 Å². The van der Waals surface area contributed by atoms with Gasteiger partial charge in [-0.1, -0.05) is 27.7 Å². The number of nitrogens with zero attached hydrogens (tertiary/aromatic N) is 2. The van der Waals surface area contributed by atoms with Gasteiger partial charge in [0.15, 0.2) is 0 Å². The minimum atomic E-state index is 0.285. The smallest absolute Gasteiger partial charge is 0.219 e. The zero-order chi connectivity index (χ0) is 15.4. The molecule has 0 aliphatic heterocycles. The molecule has 118 valence electrons. The number of hydrogen-bond donors (Lipinski definition) is 1. The summed E-state index contributed by atoms with van der Waals surface area (Å²) in [7, 11) is 0. The lowest BCUT2D eigenvalue weighted by atomic mass is 9.82. The van der Waals surface area contributed by atoms with Gasteiger partial charge in [-0.25, -0.2) is 4.98 Å². The molecule has 2 unspecified atom stereocenters. The molecule has 2 atom stereocenters. The predicted molar refractivity (Wildman–Crippen MR) is 86.9 cm³/mol. The van der Waals surface area contributed by atoms with Gasteiger partial charge in [0.25, 0.3) is 0 Å². The summed E-state index contributed by atoms with van der Waals surface area (Å²) >= 11 is 0. The van der Waals surface area contributed by atoms with E-state index in [-0.39, 0.29) is 6.10 Å². The summed E-state index contributed by atoms with van der Waals surface area (Å²) in [6, 6.07) is 1.93. The highest BCUT2D eigenvalue weighted by molar-refractivity contribution is 5.38. The topological polar surface area (TPSA) is 47.0 Å². The molecular formula is C17H29N3O. The van der Waals surface area contributed by atoms with Gasteiger partial charge in [-0.2, -0.15) is 4.98 Å². The predicted octanol–water partition coefficient (Wildman–Crippen LogP) is 4.24. The van der Waals surface area contributed by atoms with Gasteiger partial charge in [0.1, 0.15) is 17.7 Å². The van der Waals surface area contributed by atoms with Crippen LogP contribution in [0.4, 0.5) is 5.82 Å². The standard InChI is InChI=1S/C17H29N3O/c1-6-18-15-10-16(20-17(19-15)11(2)3)21-14-8-12(4)7-13(5)9-14/h10-14H,6-9H2,1-5H3,(H,18,19,20). The average Bonchev–Trinajstić information content (AvgIpc) is 2.37. The van der Waals surface area contributed by atoms with Gasteiger partial charge in [0, 0.05) is 18.5 Å². The lowest BCUT2D eigenvalue weighted by Crippen LogP contribution is -2.29. The number of rotatable bonds is 5. The highest BCUT2D eigenvalue weighted by Gasteiger charge is 2.26. The Kier molecular flexibility index (Phi) is 5.43. The number of hydrogen-bond acceptors (Lipinski definition) is 4. The van der Waals surface area contributed by atoms with E-state index in [1.54, 1.807) is 0 Å². The van der Waals surface area contributed by atoms with E-state index in [1.165, 1.54) is 6.42 Å². The maximum absolute atomic E-state index is 6.18. The molecule has 2 rings (SSSR count). The second-order valence-corrected chi connectivity index (χ2v) is 6.79. The Morgan fingerprint density at radius 3 is 2.43 bits per heavy atom. The van der Waals surface area contributed by atoms with Crippen molar-refractivity contribution in [3.8, 4) is 5.88 Å². The van der Waals surface area contributed by atoms with Gasteiger partial charge in [0.2, 0.25) is 5.88 Å². The maximum atomic E-state index is 6.18. The first kappa shape index (κ1) is 16.1. The highest BCUT2D eigenvalue weighted by Crippen LogP contribution is 2.31. The van der Waals surface area contributed by atoms with E-state index in [2.05, 4.69) is 49.9 Å². The van der Waals surface area contributed by atoms with E-state index >= 15 is 0 Å². The Bertz CT molecular complexity index is 451. The minimum Gasteiger partial charge on any atom is -0.474 e. The summed E-state index contributed by atoms with van der Waals surface area (Å²) in [5.74, 6) is 4.20. The normalized spacial score (nSPS) is 25.9. The summed E-state index contributed by atoms with van der Waals surface area (Å²) in [6.45, 7) is 11.8. The van der Waals surface area contributed by atoms with Gasteiger partial charge in [-0.15, -0.1) is 0 Å². The Morgan fingerprint density at radius 2 is 1.86 bits per heavy atom. The Balaban J connectivity index is 2.14. The average molecular weight is 291 g/mol. The zero-order valence-corrected chi connectivity index (χ0v) is 14.0. The van der Waals surface area contributed by atoms with Crippen LogP contribution >= 0.6 is 0 Å². The number of aromatic nitrogens is 2. The van der Waals surface area contributed by atoms with Crippen LogP contribution in [-0.4, -0.2) is 22.6 Å². The fraction of sp³-hybridized carbons (Fsp3) is 0.765. The molecule has 4 heteroatoms. The van der Waals surface area contributed by atoms with E-state index < -0.39 is 0 Å². The van der Waals surface area contributed by atoms with E-state index in [1.807, 2.05) is 6.07 Å². The second-order valence-electron chi connectivity index (χ2n) is 6.79. The Morgan fingerprint density at radius 1 is 1.19 bits per heavy atom. The molecule has 0 bridgehead atoms. The van der Waals surface area contributed by atoms with Crippen molar-refractivity contribution < 1.29 is 4.74 Å². The first-order chi connectivity index (χ1) is 9.97. The molecule has 0 spiro atoms. The molecule has 0 amide bonds. The molecule has 1 aromatic rings. The lowest BCUT2D eigenvalue weighted by molar-refractivity contribution is 0.0963. The van der Waals surface area contributed by atoms with Crippen molar-refractivity contribution in [2.24, 2.45) is 11.8 Å². The summed E-state index contributed by atoms with van der Waals surface area (Å²) in [5, 5.41) is 3.27. The van der Waals surface area contributed by atoms with Crippen molar-refractivity contribution in [2.75, 3.05) is 11.9 Å². The third-order valence-corrected chi connectivity index (χ3v) is 4.02. The van der Waals surface area contributed by atoms with E-state index in [4.69, 9.17) is 4.74 Å². The van der Waals surface area contributed by atoms with Crippen LogP contribution in [0.1, 0.15) is 65.6 Å². The van der Waals surface area contributed by atoms with Crippen molar-refractivity contribution in [3.63, 3.8) is 0 Å². The molecule has 1 N–H and O–H groups in total. The Labute approximate surface area is 128 Å². The molecule has 1 heterocycles. The van der Waals surface area contributed by atoms with Crippen LogP contribution in [0, 0.1) is 11.8 Å². The molecule has 4 nitrogen and oxygen atoms in total. The van der Waals surface area contributed by atoms with Crippen molar-refractivity contribution in [1.29, 1.82) is 0 Å². The molecule has 1 aliphatic rings. The second kappa shape index (κ2) is 7.10. The minimum absolute atomic E-state index is 0.285. The fourth-order valence-electron chi connectivity index (χ4n) is 3.17. The molecule has 0 radical (unpaired) electrons. The first-order valence-electron chi connectivity index (χ1n) is 8.27. The van der Waals surface area contributed by atoms with Crippen LogP contribution in [0.5, 0.6) is 5.88 Å². The van der Waals surface area contributed by atoms with Crippen molar-refractivity contribution in [2.45, 2.75) is 65.9 Å². The maximum Gasteiger partial charge on any atom is 0.219 e. The lowest BCUT2D eigenvalue weighted by Gasteiger charge is -2.31. The zero-order valence-electron chi connectivity index (χ0n) is 14.0. The quantitative estimate of drug-likeness (QED) is 0.881. The number of ether oxygens (including phenoxy) is 1. The molecule has 1 fully saturated rings. The third kappa shape index (κ3) is 4.58. The first-order valence-corrected chi connectivity index (χ1v) is 8.27. The van der Waals surface area contributed by atoms with Crippen molar-refractivity contribution in [1.82, 2.24) is 9.97 Å². The summed E-state index contributed by atoms with van der Waals surface area (Å²) in [4.78, 5) is 9.13. The van der Waals surface area contributed by atoms with Crippen LogP contribution < -0.4 is 10.1 Å². The summed E-state index contributed by atoms with van der Waals surface area (Å²) in [6.07, 6.45) is 3.85. The third-order valence-electron chi connectivity index (χ3n) is 4.02. The Hall–Kier alpha value is -1.32. The van der Waals surface area contributed by atoms with Crippen LogP contribution in [0.2, 0.25) is 0 Å². The van der Waals surface area contributed by atoms with Gasteiger partial charge < -0.3 is 10.1 Å². The molecule has 1 aliphatic carbocycles.